The molecule has 2 amide bonds. The number of carbonyl (C=O) groups is 2. The molecule has 146 valence electrons. The summed E-state index contributed by atoms with van der Waals surface area (Å²) in [6.45, 7) is 9.93. The zero-order chi connectivity index (χ0) is 20.3. The molecule has 0 saturated heterocycles. The van der Waals surface area contributed by atoms with Crippen molar-refractivity contribution in [3.8, 4) is 11.5 Å². The predicted octanol–water partition coefficient (Wildman–Crippen LogP) is 3.62. The number of amides is 2. The number of hydrogen-bond acceptors (Lipinski definition) is 4. The van der Waals surface area contributed by atoms with Gasteiger partial charge in [-0.2, -0.15) is 0 Å². The van der Waals surface area contributed by atoms with Crippen molar-refractivity contribution in [2.24, 2.45) is 0 Å². The van der Waals surface area contributed by atoms with E-state index in [4.69, 9.17) is 9.47 Å². The van der Waals surface area contributed by atoms with Gasteiger partial charge in [0.25, 0.3) is 11.8 Å². The molecule has 2 aromatic carbocycles. The average molecular weight is 380 g/mol. The number of ether oxygens (including phenoxy) is 2. The summed E-state index contributed by atoms with van der Waals surface area (Å²) < 4.78 is 11.2. The molecule has 1 heterocycles. The highest BCUT2D eigenvalue weighted by Crippen LogP contribution is 2.35. The van der Waals surface area contributed by atoms with Crippen LogP contribution in [-0.4, -0.2) is 31.6 Å². The highest BCUT2D eigenvalue weighted by atomic mass is 16.5. The van der Waals surface area contributed by atoms with E-state index in [0.29, 0.717) is 23.7 Å². The van der Waals surface area contributed by atoms with Crippen LogP contribution in [-0.2, 0) is 9.59 Å². The molecule has 1 N–H and O–H groups in total. The summed E-state index contributed by atoms with van der Waals surface area (Å²) in [5.41, 5.74) is 4.10. The minimum Gasteiger partial charge on any atom is -0.483 e. The number of para-hydroxylation sites is 1. The summed E-state index contributed by atoms with van der Waals surface area (Å²) in [7, 11) is 0. The molecule has 3 rings (SSSR count). The zero-order valence-corrected chi connectivity index (χ0v) is 16.4. The molecule has 0 radical (unpaired) electrons. The van der Waals surface area contributed by atoms with Gasteiger partial charge in [0.1, 0.15) is 11.5 Å². The van der Waals surface area contributed by atoms with E-state index >= 15 is 0 Å². The van der Waals surface area contributed by atoms with E-state index in [1.54, 1.807) is 23.1 Å². The normalized spacial score (nSPS) is 12.8. The van der Waals surface area contributed by atoms with E-state index in [2.05, 4.69) is 11.9 Å². The molecule has 1 aliphatic heterocycles. The Bertz CT molecular complexity index is 916. The van der Waals surface area contributed by atoms with Gasteiger partial charge in [-0.15, -0.1) is 0 Å². The van der Waals surface area contributed by atoms with Gasteiger partial charge in [-0.25, -0.2) is 0 Å². The average Bonchev–Trinajstić information content (AvgIpc) is 2.63. The summed E-state index contributed by atoms with van der Waals surface area (Å²) in [6, 6.07) is 11.1. The number of aryl methyl sites for hydroxylation is 2. The van der Waals surface area contributed by atoms with Crippen molar-refractivity contribution >= 4 is 23.2 Å². The Labute approximate surface area is 164 Å². The lowest BCUT2D eigenvalue weighted by Gasteiger charge is -2.29. The Kier molecular flexibility index (Phi) is 5.68. The first-order valence-electron chi connectivity index (χ1n) is 9.05. The van der Waals surface area contributed by atoms with Crippen LogP contribution in [0.2, 0.25) is 0 Å². The van der Waals surface area contributed by atoms with Gasteiger partial charge >= 0.3 is 0 Å². The van der Waals surface area contributed by atoms with E-state index in [1.165, 1.54) is 0 Å². The fourth-order valence-corrected chi connectivity index (χ4v) is 3.09. The summed E-state index contributed by atoms with van der Waals surface area (Å²) in [5.74, 6) is 0.886. The van der Waals surface area contributed by atoms with Gasteiger partial charge in [0.15, 0.2) is 13.2 Å². The quantitative estimate of drug-likeness (QED) is 0.777. The number of benzene rings is 2. The number of hydrogen-bond donors (Lipinski definition) is 1. The van der Waals surface area contributed by atoms with E-state index in [-0.39, 0.29) is 25.0 Å². The molecule has 0 bridgehead atoms. The summed E-state index contributed by atoms with van der Waals surface area (Å²) in [5, 5.41) is 2.80. The van der Waals surface area contributed by atoms with Gasteiger partial charge in [-0.05, 0) is 44.0 Å². The van der Waals surface area contributed by atoms with Gasteiger partial charge in [-0.3, -0.25) is 9.59 Å². The van der Waals surface area contributed by atoms with Crippen molar-refractivity contribution in [3.63, 3.8) is 0 Å². The van der Waals surface area contributed by atoms with Crippen LogP contribution in [0.4, 0.5) is 11.4 Å². The molecule has 1 aliphatic rings. The molecular weight excluding hydrogens is 356 g/mol. The minimum atomic E-state index is -0.270. The Morgan fingerprint density at radius 1 is 1.25 bits per heavy atom. The van der Waals surface area contributed by atoms with Crippen LogP contribution in [0.25, 0.3) is 0 Å². The lowest BCUT2D eigenvalue weighted by molar-refractivity contribution is -0.121. The Morgan fingerprint density at radius 3 is 2.64 bits per heavy atom. The van der Waals surface area contributed by atoms with E-state index in [1.807, 2.05) is 39.0 Å². The number of anilines is 2. The van der Waals surface area contributed by atoms with E-state index < -0.39 is 0 Å². The maximum absolute atomic E-state index is 12.3. The largest absolute Gasteiger partial charge is 0.483 e. The first-order valence-corrected chi connectivity index (χ1v) is 9.05. The second-order valence-electron chi connectivity index (χ2n) is 6.97. The molecule has 0 spiro atoms. The lowest BCUT2D eigenvalue weighted by atomic mass is 10.1. The molecule has 0 saturated carbocycles. The van der Waals surface area contributed by atoms with Crippen molar-refractivity contribution in [2.45, 2.75) is 20.8 Å². The third-order valence-electron chi connectivity index (χ3n) is 4.37. The highest BCUT2D eigenvalue weighted by Gasteiger charge is 2.25. The van der Waals surface area contributed by atoms with Gasteiger partial charge in [0.05, 0.1) is 5.69 Å². The molecule has 0 fully saturated rings. The third-order valence-corrected chi connectivity index (χ3v) is 4.37. The maximum Gasteiger partial charge on any atom is 0.265 e. The van der Waals surface area contributed by atoms with Crippen molar-refractivity contribution in [1.82, 2.24) is 0 Å². The van der Waals surface area contributed by atoms with Crippen LogP contribution in [0.3, 0.4) is 0 Å². The van der Waals surface area contributed by atoms with Crippen LogP contribution >= 0.6 is 0 Å². The SMILES string of the molecule is C=C(C)CN1C(=O)COc2cc(NC(=O)COc3c(C)cccc3C)ccc21. The van der Waals surface area contributed by atoms with Crippen LogP contribution < -0.4 is 19.7 Å². The van der Waals surface area contributed by atoms with Crippen molar-refractivity contribution < 1.29 is 19.1 Å². The molecule has 6 nitrogen and oxygen atoms in total. The summed E-state index contributed by atoms with van der Waals surface area (Å²) in [4.78, 5) is 26.0. The Balaban J connectivity index is 1.67. The predicted molar refractivity (Wildman–Crippen MR) is 109 cm³/mol. The van der Waals surface area contributed by atoms with Crippen LogP contribution in [0.15, 0.2) is 48.6 Å². The topological polar surface area (TPSA) is 67.9 Å². The van der Waals surface area contributed by atoms with Crippen LogP contribution in [0.5, 0.6) is 11.5 Å². The van der Waals surface area contributed by atoms with Gasteiger partial charge in [0.2, 0.25) is 0 Å². The minimum absolute atomic E-state index is 0.0344. The number of rotatable bonds is 6. The molecular formula is C22H24N2O4. The second kappa shape index (κ2) is 8.17. The van der Waals surface area contributed by atoms with Gasteiger partial charge in [0, 0.05) is 18.3 Å². The molecule has 6 heteroatoms. The van der Waals surface area contributed by atoms with Gasteiger partial charge < -0.3 is 19.7 Å². The molecule has 0 atom stereocenters. The molecule has 0 aromatic heterocycles. The number of nitrogens with one attached hydrogen (secondary N) is 1. The highest BCUT2D eigenvalue weighted by molar-refractivity contribution is 5.99. The summed E-state index contributed by atoms with van der Waals surface area (Å²) in [6.07, 6.45) is 0. The van der Waals surface area contributed by atoms with Crippen molar-refractivity contribution in [3.05, 3.63) is 59.7 Å². The monoisotopic (exact) mass is 380 g/mol. The van der Waals surface area contributed by atoms with Crippen molar-refractivity contribution in [1.29, 1.82) is 0 Å². The fraction of sp³-hybridized carbons (Fsp3) is 0.273. The lowest BCUT2D eigenvalue weighted by Crippen LogP contribution is -2.39. The second-order valence-corrected chi connectivity index (χ2v) is 6.97. The maximum atomic E-state index is 12.3. The standard InChI is InChI=1S/C22H24N2O4/c1-14(2)11-24-18-9-8-17(10-19(18)27-13-21(24)26)23-20(25)12-28-22-15(3)6-5-7-16(22)4/h5-10H,1,11-13H2,2-4H3,(H,23,25). The number of carbonyl (C=O) groups excluding carboxylic acids is 2. The fourth-order valence-electron chi connectivity index (χ4n) is 3.09. The molecule has 28 heavy (non-hydrogen) atoms. The smallest absolute Gasteiger partial charge is 0.265 e. The molecule has 2 aromatic rings. The van der Waals surface area contributed by atoms with E-state index in [0.717, 1.165) is 22.4 Å². The van der Waals surface area contributed by atoms with Crippen molar-refractivity contribution in [2.75, 3.05) is 30.0 Å². The third kappa shape index (κ3) is 4.34. The first kappa shape index (κ1) is 19.5. The van der Waals surface area contributed by atoms with Crippen LogP contribution in [0.1, 0.15) is 18.1 Å². The zero-order valence-electron chi connectivity index (χ0n) is 16.4. The Hall–Kier alpha value is -3.28. The Morgan fingerprint density at radius 2 is 1.96 bits per heavy atom. The van der Waals surface area contributed by atoms with Crippen LogP contribution in [0, 0.1) is 13.8 Å². The first-order chi connectivity index (χ1) is 13.3. The molecule has 0 aliphatic carbocycles. The van der Waals surface area contributed by atoms with Gasteiger partial charge in [-0.1, -0.05) is 30.4 Å². The molecule has 0 unspecified atom stereocenters. The number of nitrogens with zero attached hydrogens (tertiary/aromatic N) is 1. The van der Waals surface area contributed by atoms with E-state index in [9.17, 15) is 9.59 Å². The number of fused-ring (bicyclic) bond motifs is 1. The summed E-state index contributed by atoms with van der Waals surface area (Å²) >= 11 is 0.